The van der Waals surface area contributed by atoms with Gasteiger partial charge in [-0.2, -0.15) is 5.10 Å². The van der Waals surface area contributed by atoms with Gasteiger partial charge in [0.25, 0.3) is 0 Å². The first-order valence-electron chi connectivity index (χ1n) is 5.06. The van der Waals surface area contributed by atoms with Gasteiger partial charge in [-0.1, -0.05) is 0 Å². The third-order valence-corrected chi connectivity index (χ3v) is 2.30. The van der Waals surface area contributed by atoms with Crippen molar-refractivity contribution in [2.45, 2.75) is 19.9 Å². The summed E-state index contributed by atoms with van der Waals surface area (Å²) in [6.45, 7) is 4.19. The molecule has 0 spiro atoms. The van der Waals surface area contributed by atoms with E-state index in [0.717, 1.165) is 22.4 Å². The molecule has 0 radical (unpaired) electrons. The fourth-order valence-electron chi connectivity index (χ4n) is 1.65. The van der Waals surface area contributed by atoms with Crippen molar-refractivity contribution in [1.29, 1.82) is 0 Å². The SMILES string of the molecule is CC(C)Nc1nn(C)c2cc(N)ccc12. The topological polar surface area (TPSA) is 55.9 Å². The van der Waals surface area contributed by atoms with Crippen LogP contribution in [0.3, 0.4) is 0 Å². The summed E-state index contributed by atoms with van der Waals surface area (Å²) in [5.41, 5.74) is 7.56. The molecule has 0 aliphatic heterocycles. The van der Waals surface area contributed by atoms with Crippen LogP contribution in [-0.2, 0) is 7.05 Å². The molecule has 4 heteroatoms. The number of hydrogen-bond donors (Lipinski definition) is 2. The molecule has 3 N–H and O–H groups in total. The van der Waals surface area contributed by atoms with Crippen LogP contribution >= 0.6 is 0 Å². The van der Waals surface area contributed by atoms with Crippen LogP contribution in [0.2, 0.25) is 0 Å². The molecule has 0 bridgehead atoms. The summed E-state index contributed by atoms with van der Waals surface area (Å²) >= 11 is 0. The van der Waals surface area contributed by atoms with E-state index >= 15 is 0 Å². The minimum atomic E-state index is 0.376. The molecule has 1 heterocycles. The van der Waals surface area contributed by atoms with E-state index in [-0.39, 0.29) is 0 Å². The molecule has 0 aliphatic rings. The van der Waals surface area contributed by atoms with Gasteiger partial charge in [-0.25, -0.2) is 0 Å². The van der Waals surface area contributed by atoms with Crippen LogP contribution in [0.1, 0.15) is 13.8 Å². The Morgan fingerprint density at radius 3 is 2.80 bits per heavy atom. The van der Waals surface area contributed by atoms with Crippen LogP contribution in [0.4, 0.5) is 11.5 Å². The van der Waals surface area contributed by atoms with Crippen molar-refractivity contribution in [2.24, 2.45) is 7.05 Å². The molecule has 15 heavy (non-hydrogen) atoms. The summed E-state index contributed by atoms with van der Waals surface area (Å²) < 4.78 is 1.84. The predicted octanol–water partition coefficient (Wildman–Crippen LogP) is 1.98. The summed E-state index contributed by atoms with van der Waals surface area (Å²) in [7, 11) is 1.92. The predicted molar refractivity (Wildman–Crippen MR) is 63.9 cm³/mol. The number of nitrogen functional groups attached to an aromatic ring is 1. The van der Waals surface area contributed by atoms with Crippen LogP contribution in [0.25, 0.3) is 10.9 Å². The van der Waals surface area contributed by atoms with E-state index in [0.29, 0.717) is 6.04 Å². The molecule has 2 aromatic rings. The lowest BCUT2D eigenvalue weighted by molar-refractivity contribution is 0.786. The van der Waals surface area contributed by atoms with Crippen molar-refractivity contribution in [1.82, 2.24) is 9.78 Å². The average molecular weight is 204 g/mol. The highest BCUT2D eigenvalue weighted by Crippen LogP contribution is 2.24. The molecule has 0 saturated carbocycles. The van der Waals surface area contributed by atoms with Crippen molar-refractivity contribution in [3.63, 3.8) is 0 Å². The number of anilines is 2. The van der Waals surface area contributed by atoms with Crippen molar-refractivity contribution in [3.8, 4) is 0 Å². The molecule has 1 aromatic heterocycles. The summed E-state index contributed by atoms with van der Waals surface area (Å²) in [5, 5.41) is 8.85. The van der Waals surface area contributed by atoms with Gasteiger partial charge in [-0.3, -0.25) is 4.68 Å². The van der Waals surface area contributed by atoms with Crippen LogP contribution < -0.4 is 11.1 Å². The number of nitrogens with one attached hydrogen (secondary N) is 1. The lowest BCUT2D eigenvalue weighted by Gasteiger charge is -2.06. The standard InChI is InChI=1S/C11H16N4/c1-7(2)13-11-9-5-4-8(12)6-10(9)15(3)14-11/h4-7H,12H2,1-3H3,(H,13,14). The van der Waals surface area contributed by atoms with Gasteiger partial charge in [0.05, 0.1) is 5.52 Å². The molecule has 1 aromatic carbocycles. The van der Waals surface area contributed by atoms with E-state index in [1.165, 1.54) is 0 Å². The third kappa shape index (κ3) is 1.75. The fraction of sp³-hybridized carbons (Fsp3) is 0.364. The Kier molecular flexibility index (Phi) is 2.26. The Morgan fingerprint density at radius 1 is 1.40 bits per heavy atom. The average Bonchev–Trinajstić information content (AvgIpc) is 2.42. The largest absolute Gasteiger partial charge is 0.399 e. The molecule has 0 aliphatic carbocycles. The number of aryl methyl sites for hydroxylation is 1. The molecule has 2 rings (SSSR count). The second-order valence-electron chi connectivity index (χ2n) is 4.05. The second-order valence-corrected chi connectivity index (χ2v) is 4.05. The molecule has 0 unspecified atom stereocenters. The van der Waals surface area contributed by atoms with E-state index in [4.69, 9.17) is 5.73 Å². The molecule has 0 atom stereocenters. The lowest BCUT2D eigenvalue weighted by atomic mass is 10.2. The maximum atomic E-state index is 5.74. The number of benzene rings is 1. The smallest absolute Gasteiger partial charge is 0.156 e. The number of aromatic nitrogens is 2. The normalized spacial score (nSPS) is 11.2. The number of rotatable bonds is 2. The Morgan fingerprint density at radius 2 is 2.13 bits per heavy atom. The first-order valence-corrected chi connectivity index (χ1v) is 5.06. The number of nitrogens with two attached hydrogens (primary N) is 1. The summed E-state index contributed by atoms with van der Waals surface area (Å²) in [4.78, 5) is 0. The van der Waals surface area contributed by atoms with Crippen molar-refractivity contribution in [3.05, 3.63) is 18.2 Å². The Balaban J connectivity index is 2.57. The Bertz CT molecular complexity index is 485. The zero-order valence-electron chi connectivity index (χ0n) is 9.28. The highest BCUT2D eigenvalue weighted by Gasteiger charge is 2.08. The molecule has 0 fully saturated rings. The van der Waals surface area contributed by atoms with Gasteiger partial charge in [-0.05, 0) is 32.0 Å². The first-order chi connectivity index (χ1) is 7.08. The van der Waals surface area contributed by atoms with Gasteiger partial charge < -0.3 is 11.1 Å². The summed E-state index contributed by atoms with van der Waals surface area (Å²) in [6.07, 6.45) is 0. The summed E-state index contributed by atoms with van der Waals surface area (Å²) in [6, 6.07) is 6.21. The second kappa shape index (κ2) is 3.46. The molecule has 4 nitrogen and oxygen atoms in total. The van der Waals surface area contributed by atoms with E-state index < -0.39 is 0 Å². The van der Waals surface area contributed by atoms with Gasteiger partial charge in [0.2, 0.25) is 0 Å². The molecule has 0 amide bonds. The highest BCUT2D eigenvalue weighted by molar-refractivity contribution is 5.92. The van der Waals surface area contributed by atoms with Gasteiger partial charge in [0.1, 0.15) is 0 Å². The van der Waals surface area contributed by atoms with Crippen LogP contribution in [0.5, 0.6) is 0 Å². The van der Waals surface area contributed by atoms with Crippen LogP contribution in [-0.4, -0.2) is 15.8 Å². The van der Waals surface area contributed by atoms with Crippen molar-refractivity contribution < 1.29 is 0 Å². The maximum absolute atomic E-state index is 5.74. The zero-order chi connectivity index (χ0) is 11.0. The zero-order valence-corrected chi connectivity index (χ0v) is 9.28. The van der Waals surface area contributed by atoms with Crippen molar-refractivity contribution >= 4 is 22.4 Å². The van der Waals surface area contributed by atoms with Gasteiger partial charge in [0, 0.05) is 24.2 Å². The van der Waals surface area contributed by atoms with Gasteiger partial charge >= 0.3 is 0 Å². The van der Waals surface area contributed by atoms with Crippen LogP contribution in [0, 0.1) is 0 Å². The molecule has 80 valence electrons. The Labute approximate surface area is 89.1 Å². The van der Waals surface area contributed by atoms with Crippen molar-refractivity contribution in [2.75, 3.05) is 11.1 Å². The Hall–Kier alpha value is -1.71. The minimum Gasteiger partial charge on any atom is -0.399 e. The lowest BCUT2D eigenvalue weighted by Crippen LogP contribution is -2.10. The van der Waals surface area contributed by atoms with Gasteiger partial charge in [0.15, 0.2) is 5.82 Å². The van der Waals surface area contributed by atoms with E-state index in [9.17, 15) is 0 Å². The van der Waals surface area contributed by atoms with Gasteiger partial charge in [-0.15, -0.1) is 0 Å². The quantitative estimate of drug-likeness (QED) is 0.735. The fourth-order valence-corrected chi connectivity index (χ4v) is 1.65. The van der Waals surface area contributed by atoms with E-state index in [2.05, 4.69) is 24.3 Å². The first kappa shape index (κ1) is 9.83. The van der Waals surface area contributed by atoms with E-state index in [1.54, 1.807) is 0 Å². The third-order valence-electron chi connectivity index (χ3n) is 2.30. The molecular weight excluding hydrogens is 188 g/mol. The number of hydrogen-bond acceptors (Lipinski definition) is 3. The minimum absolute atomic E-state index is 0.376. The molecule has 0 saturated heterocycles. The van der Waals surface area contributed by atoms with Crippen LogP contribution in [0.15, 0.2) is 18.2 Å². The summed E-state index contributed by atoms with van der Waals surface area (Å²) in [5.74, 6) is 0.919. The molecular formula is C11H16N4. The number of fused-ring (bicyclic) bond motifs is 1. The highest BCUT2D eigenvalue weighted by atomic mass is 15.3. The van der Waals surface area contributed by atoms with E-state index in [1.807, 2.05) is 29.9 Å². The number of nitrogens with zero attached hydrogens (tertiary/aromatic N) is 2. The maximum Gasteiger partial charge on any atom is 0.156 e. The monoisotopic (exact) mass is 204 g/mol.